The van der Waals surface area contributed by atoms with Gasteiger partial charge in [0.15, 0.2) is 0 Å². The first kappa shape index (κ1) is 10.3. The Morgan fingerprint density at radius 1 is 1.47 bits per heavy atom. The SMILES string of the molecule is NC(=O)C1CCN(c2ccccc2Cl)C1. The van der Waals surface area contributed by atoms with E-state index in [9.17, 15) is 4.79 Å². The zero-order valence-corrected chi connectivity index (χ0v) is 9.07. The quantitative estimate of drug-likeness (QED) is 0.831. The predicted molar refractivity (Wildman–Crippen MR) is 61.0 cm³/mol. The Balaban J connectivity index is 2.14. The van der Waals surface area contributed by atoms with Crippen LogP contribution >= 0.6 is 11.6 Å². The van der Waals surface area contributed by atoms with E-state index in [1.54, 1.807) is 0 Å². The summed E-state index contributed by atoms with van der Waals surface area (Å²) in [6.07, 6.45) is 0.820. The van der Waals surface area contributed by atoms with Crippen LogP contribution in [0.1, 0.15) is 6.42 Å². The molecule has 1 amide bonds. The van der Waals surface area contributed by atoms with E-state index in [0.29, 0.717) is 6.54 Å². The summed E-state index contributed by atoms with van der Waals surface area (Å²) in [6.45, 7) is 1.52. The van der Waals surface area contributed by atoms with Crippen molar-refractivity contribution in [2.75, 3.05) is 18.0 Å². The van der Waals surface area contributed by atoms with Crippen molar-refractivity contribution in [2.45, 2.75) is 6.42 Å². The molecular formula is C11H13ClN2O. The van der Waals surface area contributed by atoms with Gasteiger partial charge >= 0.3 is 0 Å². The van der Waals surface area contributed by atoms with Crippen molar-refractivity contribution in [3.05, 3.63) is 29.3 Å². The summed E-state index contributed by atoms with van der Waals surface area (Å²) in [6, 6.07) is 7.66. The first-order valence-electron chi connectivity index (χ1n) is 4.97. The highest BCUT2D eigenvalue weighted by atomic mass is 35.5. The number of para-hydroxylation sites is 1. The fourth-order valence-corrected chi connectivity index (χ4v) is 2.17. The van der Waals surface area contributed by atoms with Gasteiger partial charge in [-0.15, -0.1) is 0 Å². The molecule has 1 aromatic rings. The summed E-state index contributed by atoms with van der Waals surface area (Å²) in [5, 5.41) is 0.725. The Kier molecular flexibility index (Phi) is 2.82. The minimum absolute atomic E-state index is 0.0405. The van der Waals surface area contributed by atoms with Crippen LogP contribution in [0.3, 0.4) is 0 Å². The maximum atomic E-state index is 11.0. The molecule has 1 atom stereocenters. The molecule has 1 unspecified atom stereocenters. The zero-order chi connectivity index (χ0) is 10.8. The van der Waals surface area contributed by atoms with Crippen LogP contribution in [0.2, 0.25) is 5.02 Å². The number of amides is 1. The first-order valence-corrected chi connectivity index (χ1v) is 5.35. The number of hydrogen-bond acceptors (Lipinski definition) is 2. The molecule has 4 heteroatoms. The summed E-state index contributed by atoms with van der Waals surface area (Å²) in [5.74, 6) is -0.258. The van der Waals surface area contributed by atoms with Crippen LogP contribution in [0.25, 0.3) is 0 Å². The number of anilines is 1. The molecule has 80 valence electrons. The summed E-state index contributed by atoms with van der Waals surface area (Å²) in [5.41, 5.74) is 6.27. The molecule has 1 heterocycles. The number of carbonyl (C=O) groups is 1. The van der Waals surface area contributed by atoms with Crippen molar-refractivity contribution in [3.8, 4) is 0 Å². The van der Waals surface area contributed by atoms with Gasteiger partial charge in [-0.05, 0) is 18.6 Å². The molecule has 15 heavy (non-hydrogen) atoms. The lowest BCUT2D eigenvalue weighted by Gasteiger charge is -2.19. The normalized spacial score (nSPS) is 20.6. The topological polar surface area (TPSA) is 46.3 Å². The Morgan fingerprint density at radius 3 is 2.80 bits per heavy atom. The van der Waals surface area contributed by atoms with Gasteiger partial charge in [0.25, 0.3) is 0 Å². The highest BCUT2D eigenvalue weighted by Crippen LogP contribution is 2.29. The average Bonchev–Trinajstić information content (AvgIpc) is 2.67. The van der Waals surface area contributed by atoms with Crippen molar-refractivity contribution in [1.29, 1.82) is 0 Å². The molecule has 1 fully saturated rings. The Hall–Kier alpha value is -1.22. The van der Waals surface area contributed by atoms with Gasteiger partial charge < -0.3 is 10.6 Å². The third-order valence-electron chi connectivity index (χ3n) is 2.78. The Bertz CT molecular complexity index is 381. The van der Waals surface area contributed by atoms with Crippen LogP contribution in [0.4, 0.5) is 5.69 Å². The number of nitrogens with zero attached hydrogens (tertiary/aromatic N) is 1. The highest BCUT2D eigenvalue weighted by Gasteiger charge is 2.27. The van der Waals surface area contributed by atoms with Gasteiger partial charge in [-0.2, -0.15) is 0 Å². The van der Waals surface area contributed by atoms with E-state index in [1.165, 1.54) is 0 Å². The van der Waals surface area contributed by atoms with Crippen molar-refractivity contribution < 1.29 is 4.79 Å². The number of nitrogens with two attached hydrogens (primary N) is 1. The molecule has 2 rings (SSSR count). The lowest BCUT2D eigenvalue weighted by atomic mass is 10.1. The van der Waals surface area contributed by atoms with Crippen molar-refractivity contribution >= 4 is 23.2 Å². The van der Waals surface area contributed by atoms with E-state index < -0.39 is 0 Å². The summed E-state index contributed by atoms with van der Waals surface area (Å²) in [4.78, 5) is 13.1. The minimum atomic E-state index is -0.218. The number of halogens is 1. The number of primary amides is 1. The average molecular weight is 225 g/mol. The van der Waals surface area contributed by atoms with E-state index in [4.69, 9.17) is 17.3 Å². The second-order valence-corrected chi connectivity index (χ2v) is 4.19. The van der Waals surface area contributed by atoms with Crippen LogP contribution in [-0.2, 0) is 4.79 Å². The molecule has 1 saturated heterocycles. The number of carbonyl (C=O) groups excluding carboxylic acids is 1. The predicted octanol–water partition coefficient (Wildman–Crippen LogP) is 1.65. The van der Waals surface area contributed by atoms with E-state index >= 15 is 0 Å². The summed E-state index contributed by atoms with van der Waals surface area (Å²) >= 11 is 6.07. The van der Waals surface area contributed by atoms with Crippen LogP contribution in [0.5, 0.6) is 0 Å². The van der Waals surface area contributed by atoms with Crippen LogP contribution < -0.4 is 10.6 Å². The fraction of sp³-hybridized carbons (Fsp3) is 0.364. The van der Waals surface area contributed by atoms with E-state index in [0.717, 1.165) is 23.7 Å². The van der Waals surface area contributed by atoms with E-state index in [1.807, 2.05) is 24.3 Å². The van der Waals surface area contributed by atoms with Gasteiger partial charge in [-0.1, -0.05) is 23.7 Å². The van der Waals surface area contributed by atoms with Crippen LogP contribution in [0, 0.1) is 5.92 Å². The van der Waals surface area contributed by atoms with Gasteiger partial charge in [-0.25, -0.2) is 0 Å². The van der Waals surface area contributed by atoms with Gasteiger partial charge in [0, 0.05) is 13.1 Å². The third kappa shape index (κ3) is 2.07. The first-order chi connectivity index (χ1) is 7.18. The molecule has 0 spiro atoms. The molecule has 0 bridgehead atoms. The van der Waals surface area contributed by atoms with Gasteiger partial charge in [0.1, 0.15) is 0 Å². The Labute approximate surface area is 93.8 Å². The smallest absolute Gasteiger partial charge is 0.222 e. The molecule has 1 aliphatic rings. The minimum Gasteiger partial charge on any atom is -0.370 e. The second-order valence-electron chi connectivity index (χ2n) is 3.79. The zero-order valence-electron chi connectivity index (χ0n) is 8.32. The number of hydrogen-bond donors (Lipinski definition) is 1. The standard InChI is InChI=1S/C11H13ClN2O/c12-9-3-1-2-4-10(9)14-6-5-8(7-14)11(13)15/h1-4,8H,5-7H2,(H2,13,15). The molecule has 0 radical (unpaired) electrons. The van der Waals surface area contributed by atoms with Gasteiger partial charge in [0.05, 0.1) is 16.6 Å². The lowest BCUT2D eigenvalue weighted by Crippen LogP contribution is -2.27. The summed E-state index contributed by atoms with van der Waals surface area (Å²) in [7, 11) is 0. The Morgan fingerprint density at radius 2 is 2.20 bits per heavy atom. The maximum absolute atomic E-state index is 11.0. The maximum Gasteiger partial charge on any atom is 0.222 e. The van der Waals surface area contributed by atoms with Crippen molar-refractivity contribution in [2.24, 2.45) is 11.7 Å². The van der Waals surface area contributed by atoms with Gasteiger partial charge in [-0.3, -0.25) is 4.79 Å². The molecule has 2 N–H and O–H groups in total. The molecule has 0 aliphatic carbocycles. The molecular weight excluding hydrogens is 212 g/mol. The monoisotopic (exact) mass is 224 g/mol. The molecule has 0 aromatic heterocycles. The van der Waals surface area contributed by atoms with Crippen LogP contribution in [-0.4, -0.2) is 19.0 Å². The third-order valence-corrected chi connectivity index (χ3v) is 3.10. The van der Waals surface area contributed by atoms with Crippen molar-refractivity contribution in [1.82, 2.24) is 0 Å². The molecule has 0 saturated carbocycles. The van der Waals surface area contributed by atoms with Gasteiger partial charge in [0.2, 0.25) is 5.91 Å². The largest absolute Gasteiger partial charge is 0.370 e. The number of benzene rings is 1. The van der Waals surface area contributed by atoms with Crippen LogP contribution in [0.15, 0.2) is 24.3 Å². The number of rotatable bonds is 2. The second kappa shape index (κ2) is 4.11. The van der Waals surface area contributed by atoms with Crippen molar-refractivity contribution in [3.63, 3.8) is 0 Å². The molecule has 1 aromatic carbocycles. The lowest BCUT2D eigenvalue weighted by molar-refractivity contribution is -0.121. The molecule has 3 nitrogen and oxygen atoms in total. The molecule has 1 aliphatic heterocycles. The van der Waals surface area contributed by atoms with E-state index in [-0.39, 0.29) is 11.8 Å². The highest BCUT2D eigenvalue weighted by molar-refractivity contribution is 6.33. The van der Waals surface area contributed by atoms with E-state index in [2.05, 4.69) is 4.90 Å². The fourth-order valence-electron chi connectivity index (χ4n) is 1.92. The summed E-state index contributed by atoms with van der Waals surface area (Å²) < 4.78 is 0.